The highest BCUT2D eigenvalue weighted by molar-refractivity contribution is 6.32. The first kappa shape index (κ1) is 15.4. The normalized spacial score (nSPS) is 20.0. The van der Waals surface area contributed by atoms with Crippen molar-refractivity contribution in [3.05, 3.63) is 23.4 Å². The van der Waals surface area contributed by atoms with Gasteiger partial charge < -0.3 is 15.1 Å². The molecule has 0 aromatic carbocycles. The summed E-state index contributed by atoms with van der Waals surface area (Å²) in [6.07, 6.45) is 7.76. The Morgan fingerprint density at radius 1 is 1.18 bits per heavy atom. The van der Waals surface area contributed by atoms with Gasteiger partial charge in [0.05, 0.1) is 5.02 Å². The fraction of sp³-hybridized carbons (Fsp3) is 0.625. The number of carbonyl (C=O) groups excluding carboxylic acids is 1. The Hall–Kier alpha value is -1.49. The highest BCUT2D eigenvalue weighted by Gasteiger charge is 2.25. The van der Waals surface area contributed by atoms with Gasteiger partial charge in [-0.3, -0.25) is 0 Å². The van der Waals surface area contributed by atoms with E-state index in [2.05, 4.69) is 15.2 Å². The molecule has 5 nitrogen and oxygen atoms in total. The van der Waals surface area contributed by atoms with E-state index in [0.717, 1.165) is 31.7 Å². The maximum absolute atomic E-state index is 12.3. The Kier molecular flexibility index (Phi) is 5.03. The predicted octanol–water partition coefficient (Wildman–Crippen LogP) is 2.90. The molecular formula is C16H23ClN4O. The fourth-order valence-corrected chi connectivity index (χ4v) is 3.49. The Labute approximate surface area is 136 Å². The number of aromatic nitrogens is 1. The number of nitrogens with zero attached hydrogens (tertiary/aromatic N) is 3. The van der Waals surface area contributed by atoms with Crippen molar-refractivity contribution in [2.75, 3.05) is 31.1 Å². The summed E-state index contributed by atoms with van der Waals surface area (Å²) in [5, 5.41) is 3.85. The summed E-state index contributed by atoms with van der Waals surface area (Å²) in [7, 11) is 0. The van der Waals surface area contributed by atoms with E-state index in [9.17, 15) is 4.79 Å². The molecule has 2 amide bonds. The maximum atomic E-state index is 12.3. The van der Waals surface area contributed by atoms with Gasteiger partial charge >= 0.3 is 6.03 Å². The van der Waals surface area contributed by atoms with Crippen molar-refractivity contribution in [1.29, 1.82) is 0 Å². The first-order valence-corrected chi connectivity index (χ1v) is 8.53. The van der Waals surface area contributed by atoms with Gasteiger partial charge in [-0.2, -0.15) is 0 Å². The standard InChI is InChI=1S/C16H23ClN4O/c17-14-7-4-8-18-15(14)20-9-11-21(12-10-20)16(22)19-13-5-2-1-3-6-13/h4,7-8,13H,1-3,5-6,9-12H2,(H,19,22). The average molecular weight is 323 g/mol. The van der Waals surface area contributed by atoms with Gasteiger partial charge in [-0.25, -0.2) is 9.78 Å². The van der Waals surface area contributed by atoms with Crippen LogP contribution in [0.4, 0.5) is 10.6 Å². The molecular weight excluding hydrogens is 300 g/mol. The van der Waals surface area contributed by atoms with E-state index in [4.69, 9.17) is 11.6 Å². The molecule has 0 unspecified atom stereocenters. The van der Waals surface area contributed by atoms with E-state index in [0.29, 0.717) is 24.2 Å². The monoisotopic (exact) mass is 322 g/mol. The van der Waals surface area contributed by atoms with E-state index in [-0.39, 0.29) is 6.03 Å². The number of hydrogen-bond donors (Lipinski definition) is 1. The van der Waals surface area contributed by atoms with Crippen LogP contribution >= 0.6 is 11.6 Å². The summed E-state index contributed by atoms with van der Waals surface area (Å²) in [6, 6.07) is 4.13. The van der Waals surface area contributed by atoms with Crippen molar-refractivity contribution in [1.82, 2.24) is 15.2 Å². The summed E-state index contributed by atoms with van der Waals surface area (Å²) < 4.78 is 0. The number of piperazine rings is 1. The molecule has 1 aliphatic heterocycles. The second kappa shape index (κ2) is 7.18. The molecule has 1 saturated heterocycles. The van der Waals surface area contributed by atoms with E-state index in [1.54, 1.807) is 6.20 Å². The molecule has 1 aromatic rings. The van der Waals surface area contributed by atoms with Crippen molar-refractivity contribution in [2.24, 2.45) is 0 Å². The van der Waals surface area contributed by atoms with Gasteiger partial charge in [-0.15, -0.1) is 0 Å². The maximum Gasteiger partial charge on any atom is 0.317 e. The van der Waals surface area contributed by atoms with Crippen molar-refractivity contribution in [3.8, 4) is 0 Å². The lowest BCUT2D eigenvalue weighted by atomic mass is 9.96. The summed E-state index contributed by atoms with van der Waals surface area (Å²) in [5.41, 5.74) is 0. The number of carbonyl (C=O) groups is 1. The van der Waals surface area contributed by atoms with Gasteiger partial charge in [-0.1, -0.05) is 30.9 Å². The number of anilines is 1. The van der Waals surface area contributed by atoms with E-state index < -0.39 is 0 Å². The molecule has 1 N–H and O–H groups in total. The van der Waals surface area contributed by atoms with E-state index in [1.165, 1.54) is 19.3 Å². The number of urea groups is 1. The van der Waals surface area contributed by atoms with Crippen LogP contribution in [0.1, 0.15) is 32.1 Å². The molecule has 0 atom stereocenters. The number of halogens is 1. The van der Waals surface area contributed by atoms with Crippen LogP contribution in [0.25, 0.3) is 0 Å². The van der Waals surface area contributed by atoms with Crippen LogP contribution in [0.3, 0.4) is 0 Å². The quantitative estimate of drug-likeness (QED) is 0.910. The zero-order valence-corrected chi connectivity index (χ0v) is 13.6. The zero-order valence-electron chi connectivity index (χ0n) is 12.8. The lowest BCUT2D eigenvalue weighted by molar-refractivity contribution is 0.186. The fourth-order valence-electron chi connectivity index (χ4n) is 3.24. The van der Waals surface area contributed by atoms with Crippen molar-refractivity contribution in [2.45, 2.75) is 38.1 Å². The van der Waals surface area contributed by atoms with Crippen LogP contribution in [0.5, 0.6) is 0 Å². The molecule has 0 spiro atoms. The minimum absolute atomic E-state index is 0.0821. The average Bonchev–Trinajstić information content (AvgIpc) is 2.56. The minimum Gasteiger partial charge on any atom is -0.352 e. The van der Waals surface area contributed by atoms with Gasteiger partial charge in [0.1, 0.15) is 5.82 Å². The molecule has 22 heavy (non-hydrogen) atoms. The Morgan fingerprint density at radius 2 is 1.91 bits per heavy atom. The van der Waals surface area contributed by atoms with Crippen LogP contribution < -0.4 is 10.2 Å². The Bertz CT molecular complexity index is 511. The topological polar surface area (TPSA) is 48.5 Å². The minimum atomic E-state index is 0.0821. The number of pyridine rings is 1. The van der Waals surface area contributed by atoms with Crippen LogP contribution in [-0.4, -0.2) is 48.1 Å². The highest BCUT2D eigenvalue weighted by Crippen LogP contribution is 2.23. The summed E-state index contributed by atoms with van der Waals surface area (Å²) in [5.74, 6) is 0.816. The first-order chi connectivity index (χ1) is 10.7. The number of hydrogen-bond acceptors (Lipinski definition) is 3. The van der Waals surface area contributed by atoms with E-state index >= 15 is 0 Å². The van der Waals surface area contributed by atoms with Gasteiger partial charge in [-0.05, 0) is 25.0 Å². The molecule has 6 heteroatoms. The molecule has 2 aliphatic rings. The number of rotatable bonds is 2. The first-order valence-electron chi connectivity index (χ1n) is 8.15. The molecule has 2 fully saturated rings. The van der Waals surface area contributed by atoms with Crippen molar-refractivity contribution < 1.29 is 4.79 Å². The largest absolute Gasteiger partial charge is 0.352 e. The van der Waals surface area contributed by atoms with Gasteiger partial charge in [0, 0.05) is 38.4 Å². The van der Waals surface area contributed by atoms with Crippen LogP contribution in [-0.2, 0) is 0 Å². The van der Waals surface area contributed by atoms with Gasteiger partial charge in [0.25, 0.3) is 0 Å². The zero-order chi connectivity index (χ0) is 15.4. The number of nitrogens with one attached hydrogen (secondary N) is 1. The highest BCUT2D eigenvalue weighted by atomic mass is 35.5. The third-order valence-electron chi connectivity index (χ3n) is 4.54. The Balaban J connectivity index is 1.51. The van der Waals surface area contributed by atoms with Crippen molar-refractivity contribution in [3.63, 3.8) is 0 Å². The van der Waals surface area contributed by atoms with Gasteiger partial charge in [0.15, 0.2) is 0 Å². The third kappa shape index (κ3) is 3.64. The molecule has 2 heterocycles. The summed E-state index contributed by atoms with van der Waals surface area (Å²) in [6.45, 7) is 2.97. The summed E-state index contributed by atoms with van der Waals surface area (Å²) >= 11 is 6.19. The lowest BCUT2D eigenvalue weighted by Crippen LogP contribution is -2.53. The SMILES string of the molecule is O=C(NC1CCCCC1)N1CCN(c2ncccc2Cl)CC1. The molecule has 0 radical (unpaired) electrons. The predicted molar refractivity (Wildman–Crippen MR) is 88.4 cm³/mol. The van der Waals surface area contributed by atoms with Crippen LogP contribution in [0.15, 0.2) is 18.3 Å². The Morgan fingerprint density at radius 3 is 2.59 bits per heavy atom. The smallest absolute Gasteiger partial charge is 0.317 e. The molecule has 1 aliphatic carbocycles. The third-order valence-corrected chi connectivity index (χ3v) is 4.83. The molecule has 3 rings (SSSR count). The van der Waals surface area contributed by atoms with Gasteiger partial charge in [0.2, 0.25) is 0 Å². The van der Waals surface area contributed by atoms with Crippen molar-refractivity contribution >= 4 is 23.4 Å². The molecule has 0 bridgehead atoms. The van der Waals surface area contributed by atoms with E-state index in [1.807, 2.05) is 17.0 Å². The lowest BCUT2D eigenvalue weighted by Gasteiger charge is -2.36. The second-order valence-electron chi connectivity index (χ2n) is 6.07. The molecule has 1 aromatic heterocycles. The van der Waals surface area contributed by atoms with Crippen LogP contribution in [0, 0.1) is 0 Å². The molecule has 1 saturated carbocycles. The van der Waals surface area contributed by atoms with Crippen LogP contribution in [0.2, 0.25) is 5.02 Å². The second-order valence-corrected chi connectivity index (χ2v) is 6.47. The summed E-state index contributed by atoms with van der Waals surface area (Å²) in [4.78, 5) is 20.7. The molecule has 120 valence electrons. The number of amides is 2.